The smallest absolute Gasteiger partial charge is 0.324 e. The highest BCUT2D eigenvalue weighted by Crippen LogP contribution is 2.37. The molecular formula is C20H18F3N3OS. The van der Waals surface area contributed by atoms with Crippen LogP contribution in [0.5, 0.6) is 0 Å². The Bertz CT molecular complexity index is 969. The Kier molecular flexibility index (Phi) is 5.07. The number of carbonyl (C=O) groups excluding carboxylic acids is 1. The lowest BCUT2D eigenvalue weighted by Crippen LogP contribution is -2.33. The summed E-state index contributed by atoms with van der Waals surface area (Å²) in [7, 11) is 0. The summed E-state index contributed by atoms with van der Waals surface area (Å²) in [5.41, 5.74) is -0.124. The first-order valence-corrected chi connectivity index (χ1v) is 9.79. The van der Waals surface area contributed by atoms with Crippen LogP contribution in [0.25, 0.3) is 10.2 Å². The number of aromatic nitrogens is 1. The molecule has 4 rings (SSSR count). The summed E-state index contributed by atoms with van der Waals surface area (Å²) >= 11 is 1.60. The third-order valence-electron chi connectivity index (χ3n) is 4.81. The molecule has 28 heavy (non-hydrogen) atoms. The first-order chi connectivity index (χ1) is 13.4. The van der Waals surface area contributed by atoms with Crippen molar-refractivity contribution in [2.45, 2.75) is 25.1 Å². The zero-order chi connectivity index (χ0) is 19.7. The predicted octanol–water partition coefficient (Wildman–Crippen LogP) is 5.09. The second-order valence-electron chi connectivity index (χ2n) is 6.74. The van der Waals surface area contributed by atoms with Crippen LogP contribution in [-0.4, -0.2) is 28.9 Å². The molecule has 0 spiro atoms. The standard InChI is InChI=1S/C20H18F3N3OS/c21-20(22,23)13-6-1-2-7-14(13)24-18(27)12-26-11-5-9-16(26)19-25-15-8-3-4-10-17(15)28-19/h1-4,6-8,10,16H,5,9,11-12H2,(H,24,27)/t16-/m1/s1. The zero-order valence-electron chi connectivity index (χ0n) is 14.9. The van der Waals surface area contributed by atoms with Gasteiger partial charge >= 0.3 is 6.18 Å². The fourth-order valence-corrected chi connectivity index (χ4v) is 4.68. The molecule has 1 aromatic heterocycles. The molecule has 0 saturated carbocycles. The van der Waals surface area contributed by atoms with E-state index in [4.69, 9.17) is 0 Å². The van der Waals surface area contributed by atoms with Crippen LogP contribution in [0.4, 0.5) is 18.9 Å². The number of nitrogens with one attached hydrogen (secondary N) is 1. The third-order valence-corrected chi connectivity index (χ3v) is 5.95. The molecular weight excluding hydrogens is 387 g/mol. The summed E-state index contributed by atoms with van der Waals surface area (Å²) in [5, 5.41) is 3.37. The highest BCUT2D eigenvalue weighted by atomic mass is 32.1. The van der Waals surface area contributed by atoms with Crippen molar-refractivity contribution in [3.05, 3.63) is 59.1 Å². The number of benzene rings is 2. The van der Waals surface area contributed by atoms with Crippen molar-refractivity contribution in [1.29, 1.82) is 0 Å². The number of amides is 1. The van der Waals surface area contributed by atoms with Gasteiger partial charge < -0.3 is 5.32 Å². The zero-order valence-corrected chi connectivity index (χ0v) is 15.7. The Labute approximate surface area is 164 Å². The average molecular weight is 405 g/mol. The largest absolute Gasteiger partial charge is 0.418 e. The predicted molar refractivity (Wildman–Crippen MR) is 103 cm³/mol. The molecule has 2 heterocycles. The van der Waals surface area contributed by atoms with Crippen molar-refractivity contribution >= 4 is 33.1 Å². The summed E-state index contributed by atoms with van der Waals surface area (Å²) in [6, 6.07) is 12.9. The minimum atomic E-state index is -4.51. The van der Waals surface area contributed by atoms with Gasteiger partial charge in [-0.05, 0) is 43.7 Å². The Morgan fingerprint density at radius 1 is 1.18 bits per heavy atom. The number of thiazole rings is 1. The second kappa shape index (κ2) is 7.52. The van der Waals surface area contributed by atoms with Crippen molar-refractivity contribution in [2.24, 2.45) is 0 Å². The number of carbonyl (C=O) groups is 1. The van der Waals surface area contributed by atoms with Gasteiger partial charge in [0.25, 0.3) is 0 Å². The summed E-state index contributed by atoms with van der Waals surface area (Å²) < 4.78 is 40.5. The van der Waals surface area contributed by atoms with Crippen LogP contribution in [0.3, 0.4) is 0 Å². The highest BCUT2D eigenvalue weighted by Gasteiger charge is 2.34. The molecule has 0 aliphatic carbocycles. The first-order valence-electron chi connectivity index (χ1n) is 8.97. The van der Waals surface area contributed by atoms with Gasteiger partial charge in [-0.15, -0.1) is 11.3 Å². The maximum atomic E-state index is 13.1. The molecule has 0 unspecified atom stereocenters. The number of hydrogen-bond donors (Lipinski definition) is 1. The molecule has 1 N–H and O–H groups in total. The van der Waals surface area contributed by atoms with Crippen LogP contribution >= 0.6 is 11.3 Å². The molecule has 1 amide bonds. The number of para-hydroxylation sites is 2. The molecule has 1 aliphatic heterocycles. The van der Waals surface area contributed by atoms with E-state index in [9.17, 15) is 18.0 Å². The molecule has 2 aromatic carbocycles. The van der Waals surface area contributed by atoms with E-state index in [0.29, 0.717) is 0 Å². The third kappa shape index (κ3) is 3.88. The van der Waals surface area contributed by atoms with Crippen LogP contribution in [0.2, 0.25) is 0 Å². The average Bonchev–Trinajstić information content (AvgIpc) is 3.27. The topological polar surface area (TPSA) is 45.2 Å². The molecule has 4 nitrogen and oxygen atoms in total. The van der Waals surface area contributed by atoms with Crippen molar-refractivity contribution < 1.29 is 18.0 Å². The number of alkyl halides is 3. The van der Waals surface area contributed by atoms with E-state index in [-0.39, 0.29) is 18.3 Å². The summed E-state index contributed by atoms with van der Waals surface area (Å²) in [4.78, 5) is 19.1. The lowest BCUT2D eigenvalue weighted by Gasteiger charge is -2.22. The Hall–Kier alpha value is -2.45. The maximum absolute atomic E-state index is 13.1. The lowest BCUT2D eigenvalue weighted by atomic mass is 10.1. The number of likely N-dealkylation sites (tertiary alicyclic amines) is 1. The van der Waals surface area contributed by atoms with Crippen molar-refractivity contribution in [2.75, 3.05) is 18.4 Å². The quantitative estimate of drug-likeness (QED) is 0.658. The van der Waals surface area contributed by atoms with Crippen LogP contribution < -0.4 is 5.32 Å². The number of hydrogen-bond acceptors (Lipinski definition) is 4. The first kappa shape index (κ1) is 18.9. The van der Waals surface area contributed by atoms with Gasteiger partial charge in [0.2, 0.25) is 5.91 Å². The van der Waals surface area contributed by atoms with Crippen LogP contribution in [-0.2, 0) is 11.0 Å². The summed E-state index contributed by atoms with van der Waals surface area (Å²) in [6.45, 7) is 0.752. The summed E-state index contributed by atoms with van der Waals surface area (Å²) in [6.07, 6.45) is -2.71. The van der Waals surface area contributed by atoms with E-state index in [0.717, 1.165) is 40.7 Å². The van der Waals surface area contributed by atoms with Gasteiger partial charge in [0.1, 0.15) is 5.01 Å². The Balaban J connectivity index is 1.48. The fourth-order valence-electron chi connectivity index (χ4n) is 3.54. The Morgan fingerprint density at radius 2 is 1.93 bits per heavy atom. The maximum Gasteiger partial charge on any atom is 0.418 e. The lowest BCUT2D eigenvalue weighted by molar-refractivity contribution is -0.137. The van der Waals surface area contributed by atoms with Crippen LogP contribution in [0, 0.1) is 0 Å². The SMILES string of the molecule is O=C(CN1CCC[C@@H]1c1nc2ccccc2s1)Nc1ccccc1C(F)(F)F. The molecule has 1 atom stereocenters. The van der Waals surface area contributed by atoms with Gasteiger partial charge in [-0.25, -0.2) is 4.98 Å². The Morgan fingerprint density at radius 3 is 2.71 bits per heavy atom. The van der Waals surface area contributed by atoms with Crippen molar-refractivity contribution in [1.82, 2.24) is 9.88 Å². The number of rotatable bonds is 4. The van der Waals surface area contributed by atoms with E-state index in [1.807, 2.05) is 29.2 Å². The van der Waals surface area contributed by atoms with Gasteiger partial charge in [-0.3, -0.25) is 9.69 Å². The van der Waals surface area contributed by atoms with E-state index in [1.54, 1.807) is 11.3 Å². The molecule has 3 aromatic rings. The minimum absolute atomic E-state index is 0.0148. The normalized spacial score (nSPS) is 17.9. The van der Waals surface area contributed by atoms with Gasteiger partial charge in [0.15, 0.2) is 0 Å². The van der Waals surface area contributed by atoms with Gasteiger partial charge in [-0.1, -0.05) is 24.3 Å². The van der Waals surface area contributed by atoms with Crippen LogP contribution in [0.1, 0.15) is 29.5 Å². The molecule has 0 radical (unpaired) electrons. The number of fused-ring (bicyclic) bond motifs is 1. The number of halogens is 3. The fraction of sp³-hybridized carbons (Fsp3) is 0.300. The summed E-state index contributed by atoms with van der Waals surface area (Å²) in [5.74, 6) is -0.454. The van der Waals surface area contributed by atoms with E-state index in [2.05, 4.69) is 10.3 Å². The second-order valence-corrected chi connectivity index (χ2v) is 7.80. The van der Waals surface area contributed by atoms with E-state index < -0.39 is 17.6 Å². The molecule has 146 valence electrons. The number of anilines is 1. The highest BCUT2D eigenvalue weighted by molar-refractivity contribution is 7.18. The van der Waals surface area contributed by atoms with Gasteiger partial charge in [0, 0.05) is 0 Å². The van der Waals surface area contributed by atoms with Crippen LogP contribution in [0.15, 0.2) is 48.5 Å². The van der Waals surface area contributed by atoms with Crippen molar-refractivity contribution in [3.8, 4) is 0 Å². The van der Waals surface area contributed by atoms with Gasteiger partial charge in [-0.2, -0.15) is 13.2 Å². The number of nitrogens with zero attached hydrogens (tertiary/aromatic N) is 2. The molecule has 1 aliphatic rings. The molecule has 1 fully saturated rings. The monoisotopic (exact) mass is 405 g/mol. The molecule has 1 saturated heterocycles. The van der Waals surface area contributed by atoms with Gasteiger partial charge in [0.05, 0.1) is 34.1 Å². The minimum Gasteiger partial charge on any atom is -0.324 e. The van der Waals surface area contributed by atoms with Crippen molar-refractivity contribution in [3.63, 3.8) is 0 Å². The molecule has 8 heteroatoms. The van der Waals surface area contributed by atoms with E-state index >= 15 is 0 Å². The van der Waals surface area contributed by atoms with E-state index in [1.165, 1.54) is 18.2 Å². The molecule has 0 bridgehead atoms.